The Morgan fingerprint density at radius 3 is 2.79 bits per heavy atom. The minimum absolute atomic E-state index is 0.0227. The quantitative estimate of drug-likeness (QED) is 0.318. The molecule has 9 heteroatoms. The molecule has 0 atom stereocenters. The summed E-state index contributed by atoms with van der Waals surface area (Å²) in [6, 6.07) is 20.4. The largest absolute Gasteiger partial charge is 0.361 e. The number of benzene rings is 3. The summed E-state index contributed by atoms with van der Waals surface area (Å²) in [5, 5.41) is 11.8. The Labute approximate surface area is 198 Å². The number of para-hydroxylation sites is 1. The van der Waals surface area contributed by atoms with Gasteiger partial charge in [-0.25, -0.2) is 4.79 Å². The molecule has 3 aromatic carbocycles. The third-order valence-electron chi connectivity index (χ3n) is 5.73. The lowest BCUT2D eigenvalue weighted by molar-refractivity contribution is -0.116. The predicted molar refractivity (Wildman–Crippen MR) is 133 cm³/mol. The minimum Gasteiger partial charge on any atom is -0.361 e. The molecule has 0 saturated heterocycles. The SMILES string of the molecule is O=C(Nc1ccc2c(c1)N(Cc1noc3ccccc13)C(=O)CS2)Nc1ccc2cc[nH]c2c1. The van der Waals surface area contributed by atoms with Crippen molar-refractivity contribution in [2.45, 2.75) is 11.4 Å². The number of rotatable bonds is 4. The summed E-state index contributed by atoms with van der Waals surface area (Å²) in [7, 11) is 0. The molecule has 2 aromatic heterocycles. The number of nitrogens with one attached hydrogen (secondary N) is 3. The van der Waals surface area contributed by atoms with Gasteiger partial charge >= 0.3 is 6.03 Å². The van der Waals surface area contributed by atoms with Crippen molar-refractivity contribution < 1.29 is 14.1 Å². The highest BCUT2D eigenvalue weighted by atomic mass is 32.2. The molecule has 1 aliphatic rings. The predicted octanol–water partition coefficient (Wildman–Crippen LogP) is 5.59. The molecule has 3 N–H and O–H groups in total. The molecule has 8 nitrogen and oxygen atoms in total. The lowest BCUT2D eigenvalue weighted by Crippen LogP contribution is -2.35. The molecule has 0 bridgehead atoms. The van der Waals surface area contributed by atoms with E-state index >= 15 is 0 Å². The number of carbonyl (C=O) groups excluding carboxylic acids is 2. The molecule has 0 fully saturated rings. The molecular formula is C25H19N5O3S. The third-order valence-corrected chi connectivity index (χ3v) is 6.78. The van der Waals surface area contributed by atoms with E-state index in [-0.39, 0.29) is 18.5 Å². The van der Waals surface area contributed by atoms with Crippen LogP contribution >= 0.6 is 11.8 Å². The van der Waals surface area contributed by atoms with Crippen molar-refractivity contribution in [2.75, 3.05) is 21.3 Å². The Bertz CT molecular complexity index is 1560. The van der Waals surface area contributed by atoms with Crippen LogP contribution in [0, 0.1) is 0 Å². The molecule has 0 radical (unpaired) electrons. The number of nitrogens with zero attached hydrogens (tertiary/aromatic N) is 2. The minimum atomic E-state index is -0.366. The molecule has 0 unspecified atom stereocenters. The first-order valence-electron chi connectivity index (χ1n) is 10.7. The molecule has 1 aliphatic heterocycles. The van der Waals surface area contributed by atoms with E-state index in [1.54, 1.807) is 4.90 Å². The van der Waals surface area contributed by atoms with Crippen molar-refractivity contribution in [3.63, 3.8) is 0 Å². The van der Waals surface area contributed by atoms with Gasteiger partial charge in [0.25, 0.3) is 0 Å². The van der Waals surface area contributed by atoms with Crippen LogP contribution in [0.2, 0.25) is 0 Å². The summed E-state index contributed by atoms with van der Waals surface area (Å²) in [5.74, 6) is 0.322. The number of fused-ring (bicyclic) bond motifs is 3. The lowest BCUT2D eigenvalue weighted by Gasteiger charge is -2.29. The standard InChI is InChI=1S/C25H19N5O3S/c31-24-14-34-23-8-7-17(28-25(32)27-16-6-5-15-9-10-26-19(15)11-16)12-21(23)30(24)13-20-18-3-1-2-4-22(18)33-29-20/h1-12,26H,13-14H2,(H2,27,28,32). The average molecular weight is 470 g/mol. The first kappa shape index (κ1) is 20.4. The molecule has 0 aliphatic carbocycles. The summed E-state index contributed by atoms with van der Waals surface area (Å²) in [5.41, 5.74) is 4.31. The van der Waals surface area contributed by atoms with Crippen LogP contribution in [-0.2, 0) is 11.3 Å². The summed E-state index contributed by atoms with van der Waals surface area (Å²) < 4.78 is 5.41. The van der Waals surface area contributed by atoms with Crippen LogP contribution in [-0.4, -0.2) is 27.8 Å². The monoisotopic (exact) mass is 469 g/mol. The van der Waals surface area contributed by atoms with E-state index in [2.05, 4.69) is 20.8 Å². The highest BCUT2D eigenvalue weighted by Gasteiger charge is 2.27. The fourth-order valence-corrected chi connectivity index (χ4v) is 4.99. The van der Waals surface area contributed by atoms with Crippen molar-refractivity contribution >= 4 is 62.6 Å². The highest BCUT2D eigenvalue weighted by Crippen LogP contribution is 2.38. The van der Waals surface area contributed by atoms with E-state index in [1.165, 1.54) is 11.8 Å². The molecule has 5 aromatic rings. The topological polar surface area (TPSA) is 103 Å². The fraction of sp³-hybridized carbons (Fsp3) is 0.0800. The Balaban J connectivity index is 1.24. The molecular weight excluding hydrogens is 450 g/mol. The second-order valence-electron chi connectivity index (χ2n) is 7.94. The van der Waals surface area contributed by atoms with Crippen molar-refractivity contribution in [1.29, 1.82) is 0 Å². The Kier molecular flexibility index (Phi) is 4.96. The van der Waals surface area contributed by atoms with Gasteiger partial charge in [0.05, 0.1) is 18.0 Å². The van der Waals surface area contributed by atoms with Gasteiger partial charge in [0.1, 0.15) is 5.69 Å². The number of amides is 3. The van der Waals surface area contributed by atoms with Crippen LogP contribution < -0.4 is 15.5 Å². The smallest absolute Gasteiger partial charge is 0.323 e. The Morgan fingerprint density at radius 1 is 1.06 bits per heavy atom. The van der Waals surface area contributed by atoms with Gasteiger partial charge in [-0.15, -0.1) is 11.8 Å². The number of hydrogen-bond acceptors (Lipinski definition) is 5. The molecule has 34 heavy (non-hydrogen) atoms. The van der Waals surface area contributed by atoms with E-state index in [4.69, 9.17) is 4.52 Å². The lowest BCUT2D eigenvalue weighted by atomic mass is 10.2. The van der Waals surface area contributed by atoms with Gasteiger partial charge in [-0.1, -0.05) is 23.4 Å². The zero-order valence-corrected chi connectivity index (χ0v) is 18.7. The van der Waals surface area contributed by atoms with Crippen molar-refractivity contribution in [1.82, 2.24) is 10.1 Å². The maximum Gasteiger partial charge on any atom is 0.323 e. The highest BCUT2D eigenvalue weighted by molar-refractivity contribution is 8.00. The van der Waals surface area contributed by atoms with Gasteiger partial charge < -0.3 is 25.0 Å². The van der Waals surface area contributed by atoms with Crippen LogP contribution in [0.4, 0.5) is 21.9 Å². The van der Waals surface area contributed by atoms with Crippen molar-refractivity contribution in [3.05, 3.63) is 78.6 Å². The van der Waals surface area contributed by atoms with Crippen molar-refractivity contribution in [2.24, 2.45) is 0 Å². The van der Waals surface area contributed by atoms with E-state index in [0.29, 0.717) is 28.4 Å². The van der Waals surface area contributed by atoms with E-state index in [0.717, 1.165) is 26.9 Å². The Hall–Kier alpha value is -4.24. The molecule has 3 heterocycles. The molecule has 3 amide bonds. The van der Waals surface area contributed by atoms with Crippen LogP contribution in [0.5, 0.6) is 0 Å². The number of hydrogen-bond donors (Lipinski definition) is 3. The molecule has 0 spiro atoms. The van der Waals surface area contributed by atoms with Gasteiger partial charge in [0.2, 0.25) is 5.91 Å². The number of urea groups is 1. The second kappa shape index (κ2) is 8.27. The number of thioether (sulfide) groups is 1. The third kappa shape index (κ3) is 3.75. The van der Waals surface area contributed by atoms with E-state index < -0.39 is 0 Å². The number of aromatic amines is 1. The second-order valence-corrected chi connectivity index (χ2v) is 8.95. The maximum absolute atomic E-state index is 12.8. The van der Waals surface area contributed by atoms with Crippen LogP contribution in [0.1, 0.15) is 5.69 Å². The number of H-pyrrole nitrogens is 1. The first-order chi connectivity index (χ1) is 16.6. The average Bonchev–Trinajstić information content (AvgIpc) is 3.47. The van der Waals surface area contributed by atoms with Crippen LogP contribution in [0.25, 0.3) is 21.9 Å². The van der Waals surface area contributed by atoms with Gasteiger partial charge in [0.15, 0.2) is 5.58 Å². The van der Waals surface area contributed by atoms with E-state index in [9.17, 15) is 9.59 Å². The summed E-state index contributed by atoms with van der Waals surface area (Å²) in [4.78, 5) is 31.2. The first-order valence-corrected chi connectivity index (χ1v) is 11.7. The van der Waals surface area contributed by atoms with Gasteiger partial charge in [0, 0.05) is 33.4 Å². The van der Waals surface area contributed by atoms with E-state index in [1.807, 2.05) is 72.9 Å². The number of aromatic nitrogens is 2. The van der Waals surface area contributed by atoms with Crippen LogP contribution in [0.3, 0.4) is 0 Å². The zero-order chi connectivity index (χ0) is 23.1. The molecule has 168 valence electrons. The number of carbonyl (C=O) groups is 2. The normalized spacial score (nSPS) is 13.3. The summed E-state index contributed by atoms with van der Waals surface area (Å²) in [6.45, 7) is 0.287. The molecule has 6 rings (SSSR count). The molecule has 0 saturated carbocycles. The number of anilines is 3. The van der Waals surface area contributed by atoms with Crippen LogP contribution in [0.15, 0.2) is 82.3 Å². The summed E-state index contributed by atoms with van der Waals surface area (Å²) in [6.07, 6.45) is 1.86. The van der Waals surface area contributed by atoms with Crippen molar-refractivity contribution in [3.8, 4) is 0 Å². The fourth-order valence-electron chi connectivity index (χ4n) is 4.07. The van der Waals surface area contributed by atoms with Gasteiger partial charge in [-0.05, 0) is 53.9 Å². The zero-order valence-electron chi connectivity index (χ0n) is 17.9. The van der Waals surface area contributed by atoms with Gasteiger partial charge in [-0.2, -0.15) is 0 Å². The van der Waals surface area contributed by atoms with Gasteiger partial charge in [-0.3, -0.25) is 4.79 Å². The Morgan fingerprint density at radius 2 is 1.88 bits per heavy atom. The summed E-state index contributed by atoms with van der Waals surface area (Å²) >= 11 is 1.48. The maximum atomic E-state index is 12.8.